The maximum Gasteiger partial charge on any atom is 0.137 e. The highest BCUT2D eigenvalue weighted by Crippen LogP contribution is 2.30. The molecular formula is C16H23NO2. The molecule has 0 aliphatic rings. The fourth-order valence-corrected chi connectivity index (χ4v) is 2.64. The van der Waals surface area contributed by atoms with E-state index in [1.54, 1.807) is 7.11 Å². The van der Waals surface area contributed by atoms with Crippen LogP contribution in [-0.2, 0) is 4.74 Å². The predicted molar refractivity (Wildman–Crippen MR) is 78.4 cm³/mol. The molecule has 1 aromatic carbocycles. The van der Waals surface area contributed by atoms with Gasteiger partial charge in [0.25, 0.3) is 0 Å². The number of aryl methyl sites for hydroxylation is 1. The van der Waals surface area contributed by atoms with Crippen molar-refractivity contribution in [2.24, 2.45) is 5.92 Å². The molecule has 2 rings (SSSR count). The van der Waals surface area contributed by atoms with Crippen molar-refractivity contribution in [3.8, 4) is 0 Å². The standard InChI is InChI=1S/C16H23NO2/c1-10(2)15(18-5)14(17-4)13-9-12-8-6-7-11(3)16(12)19-13/h6-10,14-15,17H,1-5H3. The van der Waals surface area contributed by atoms with E-state index in [9.17, 15) is 0 Å². The van der Waals surface area contributed by atoms with Crippen LogP contribution in [0.5, 0.6) is 0 Å². The molecule has 2 unspecified atom stereocenters. The first kappa shape index (κ1) is 14.1. The fraction of sp³-hybridized carbons (Fsp3) is 0.500. The average Bonchev–Trinajstić information content (AvgIpc) is 2.80. The quantitative estimate of drug-likeness (QED) is 0.891. The van der Waals surface area contributed by atoms with E-state index in [0.717, 1.165) is 22.3 Å². The molecule has 0 bridgehead atoms. The van der Waals surface area contributed by atoms with E-state index in [0.29, 0.717) is 5.92 Å². The number of methoxy groups -OCH3 is 1. The number of furan rings is 1. The second-order valence-corrected chi connectivity index (χ2v) is 5.35. The van der Waals surface area contributed by atoms with Crippen molar-refractivity contribution >= 4 is 11.0 Å². The molecular weight excluding hydrogens is 238 g/mol. The first-order chi connectivity index (χ1) is 9.08. The highest BCUT2D eigenvalue weighted by molar-refractivity contribution is 5.81. The highest BCUT2D eigenvalue weighted by atomic mass is 16.5. The predicted octanol–water partition coefficient (Wildman–Crippen LogP) is 3.67. The van der Waals surface area contributed by atoms with Crippen LogP contribution in [-0.4, -0.2) is 20.3 Å². The second kappa shape index (κ2) is 5.76. The Bertz CT molecular complexity index is 545. The normalized spacial score (nSPS) is 15.1. The summed E-state index contributed by atoms with van der Waals surface area (Å²) < 4.78 is 11.7. The Balaban J connectivity index is 2.43. The number of rotatable bonds is 5. The first-order valence-electron chi connectivity index (χ1n) is 6.77. The topological polar surface area (TPSA) is 34.4 Å². The number of likely N-dealkylation sites (N-methyl/N-ethyl adjacent to an activating group) is 1. The summed E-state index contributed by atoms with van der Waals surface area (Å²) in [5, 5.41) is 4.46. The van der Waals surface area contributed by atoms with E-state index in [4.69, 9.17) is 9.15 Å². The summed E-state index contributed by atoms with van der Waals surface area (Å²) in [5.74, 6) is 1.35. The number of hydrogen-bond donors (Lipinski definition) is 1. The first-order valence-corrected chi connectivity index (χ1v) is 6.77. The largest absolute Gasteiger partial charge is 0.459 e. The lowest BCUT2D eigenvalue weighted by atomic mass is 9.97. The van der Waals surface area contributed by atoms with E-state index in [-0.39, 0.29) is 12.1 Å². The van der Waals surface area contributed by atoms with Crippen LogP contribution in [0.3, 0.4) is 0 Å². The highest BCUT2D eigenvalue weighted by Gasteiger charge is 2.27. The Morgan fingerprint density at radius 2 is 2.00 bits per heavy atom. The van der Waals surface area contributed by atoms with Gasteiger partial charge in [0.15, 0.2) is 0 Å². The van der Waals surface area contributed by atoms with Crippen LogP contribution < -0.4 is 5.32 Å². The molecule has 0 saturated carbocycles. The third-order valence-electron chi connectivity index (χ3n) is 3.64. The lowest BCUT2D eigenvalue weighted by molar-refractivity contribution is 0.0292. The molecule has 104 valence electrons. The van der Waals surface area contributed by atoms with Gasteiger partial charge < -0.3 is 14.5 Å². The minimum absolute atomic E-state index is 0.0665. The lowest BCUT2D eigenvalue weighted by Crippen LogP contribution is -2.34. The summed E-state index contributed by atoms with van der Waals surface area (Å²) in [7, 11) is 3.70. The fourth-order valence-electron chi connectivity index (χ4n) is 2.64. The molecule has 2 aromatic rings. The van der Waals surface area contributed by atoms with E-state index < -0.39 is 0 Å². The van der Waals surface area contributed by atoms with Gasteiger partial charge in [-0.05, 0) is 31.5 Å². The molecule has 0 radical (unpaired) electrons. The SMILES string of the molecule is CNC(c1cc2cccc(C)c2o1)C(OC)C(C)C. The monoisotopic (exact) mass is 261 g/mol. The van der Waals surface area contributed by atoms with Crippen LogP contribution in [0.4, 0.5) is 0 Å². The van der Waals surface area contributed by atoms with Crippen LogP contribution in [0.1, 0.15) is 31.2 Å². The Morgan fingerprint density at radius 3 is 2.53 bits per heavy atom. The number of fused-ring (bicyclic) bond motifs is 1. The Hall–Kier alpha value is -1.32. The van der Waals surface area contributed by atoms with E-state index in [2.05, 4.69) is 50.4 Å². The van der Waals surface area contributed by atoms with Crippen molar-refractivity contribution < 1.29 is 9.15 Å². The molecule has 0 aliphatic carbocycles. The number of para-hydroxylation sites is 1. The minimum Gasteiger partial charge on any atom is -0.459 e. The molecule has 0 amide bonds. The van der Waals surface area contributed by atoms with Crippen molar-refractivity contribution in [3.05, 3.63) is 35.6 Å². The summed E-state index contributed by atoms with van der Waals surface area (Å²) in [6.45, 7) is 6.39. The van der Waals surface area contributed by atoms with Gasteiger partial charge in [0.1, 0.15) is 11.3 Å². The average molecular weight is 261 g/mol. The maximum atomic E-state index is 6.04. The molecule has 3 nitrogen and oxygen atoms in total. The third kappa shape index (κ3) is 2.67. The molecule has 3 heteroatoms. The maximum absolute atomic E-state index is 6.04. The molecule has 1 heterocycles. The molecule has 0 fully saturated rings. The third-order valence-corrected chi connectivity index (χ3v) is 3.64. The van der Waals surface area contributed by atoms with Crippen LogP contribution in [0.25, 0.3) is 11.0 Å². The van der Waals surface area contributed by atoms with E-state index >= 15 is 0 Å². The van der Waals surface area contributed by atoms with Gasteiger partial charge in [-0.3, -0.25) is 0 Å². The smallest absolute Gasteiger partial charge is 0.137 e. The summed E-state index contributed by atoms with van der Waals surface area (Å²) in [6, 6.07) is 8.38. The van der Waals surface area contributed by atoms with Gasteiger partial charge in [-0.2, -0.15) is 0 Å². The van der Waals surface area contributed by atoms with Gasteiger partial charge in [0.05, 0.1) is 12.1 Å². The number of hydrogen-bond acceptors (Lipinski definition) is 3. The molecule has 2 atom stereocenters. The van der Waals surface area contributed by atoms with Crippen molar-refractivity contribution in [2.45, 2.75) is 32.9 Å². The van der Waals surface area contributed by atoms with E-state index in [1.807, 2.05) is 7.05 Å². The molecule has 0 spiro atoms. The molecule has 1 aromatic heterocycles. The van der Waals surface area contributed by atoms with Gasteiger partial charge in [-0.1, -0.05) is 32.0 Å². The Kier molecular flexibility index (Phi) is 4.27. The zero-order valence-corrected chi connectivity index (χ0v) is 12.4. The Morgan fingerprint density at radius 1 is 1.26 bits per heavy atom. The second-order valence-electron chi connectivity index (χ2n) is 5.35. The summed E-state index contributed by atoms with van der Waals surface area (Å²) >= 11 is 0. The number of nitrogens with one attached hydrogen (secondary N) is 1. The van der Waals surface area contributed by atoms with Crippen molar-refractivity contribution in [2.75, 3.05) is 14.2 Å². The molecule has 0 saturated heterocycles. The molecule has 1 N–H and O–H groups in total. The van der Waals surface area contributed by atoms with Gasteiger partial charge in [0.2, 0.25) is 0 Å². The number of benzene rings is 1. The zero-order chi connectivity index (χ0) is 14.0. The van der Waals surface area contributed by atoms with Gasteiger partial charge in [-0.15, -0.1) is 0 Å². The van der Waals surface area contributed by atoms with Gasteiger partial charge in [0, 0.05) is 12.5 Å². The van der Waals surface area contributed by atoms with Crippen LogP contribution >= 0.6 is 0 Å². The van der Waals surface area contributed by atoms with E-state index in [1.165, 1.54) is 0 Å². The summed E-state index contributed by atoms with van der Waals surface area (Å²) in [5.41, 5.74) is 2.13. The molecule has 19 heavy (non-hydrogen) atoms. The van der Waals surface area contributed by atoms with Gasteiger partial charge in [-0.25, -0.2) is 0 Å². The van der Waals surface area contributed by atoms with Crippen molar-refractivity contribution in [1.29, 1.82) is 0 Å². The minimum atomic E-state index is 0.0665. The van der Waals surface area contributed by atoms with Crippen molar-refractivity contribution in [3.63, 3.8) is 0 Å². The summed E-state index contributed by atoms with van der Waals surface area (Å²) in [4.78, 5) is 0. The van der Waals surface area contributed by atoms with Crippen LogP contribution in [0, 0.1) is 12.8 Å². The number of ether oxygens (including phenoxy) is 1. The Labute approximate surface area is 114 Å². The lowest BCUT2D eigenvalue weighted by Gasteiger charge is -2.27. The molecule has 0 aliphatic heterocycles. The van der Waals surface area contributed by atoms with Crippen molar-refractivity contribution in [1.82, 2.24) is 5.32 Å². The van der Waals surface area contributed by atoms with Crippen LogP contribution in [0.15, 0.2) is 28.7 Å². The van der Waals surface area contributed by atoms with Gasteiger partial charge >= 0.3 is 0 Å². The van der Waals surface area contributed by atoms with Crippen LogP contribution in [0.2, 0.25) is 0 Å². The zero-order valence-electron chi connectivity index (χ0n) is 12.4. The summed E-state index contributed by atoms with van der Waals surface area (Å²) in [6.07, 6.45) is 0.0888.